The molecule has 1 saturated carbocycles. The van der Waals surface area contributed by atoms with Crippen LogP contribution >= 0.6 is 0 Å². The van der Waals surface area contributed by atoms with Crippen LogP contribution in [-0.4, -0.2) is 21.3 Å². The second-order valence-electron chi connectivity index (χ2n) is 17.3. The Labute approximate surface area is 324 Å². The fourth-order valence-corrected chi connectivity index (χ4v) is 10.9. The lowest BCUT2D eigenvalue weighted by Crippen LogP contribution is -2.44. The van der Waals surface area contributed by atoms with E-state index in [4.69, 9.17) is 24.7 Å². The van der Waals surface area contributed by atoms with E-state index in [0.717, 1.165) is 86.5 Å². The lowest BCUT2D eigenvalue weighted by atomic mass is 9.52. The average Bonchev–Trinajstić information content (AvgIpc) is 3.44. The second-order valence-corrected chi connectivity index (χ2v) is 17.3. The molecule has 0 bridgehead atoms. The van der Waals surface area contributed by atoms with Gasteiger partial charge in [0.15, 0.2) is 5.60 Å². The maximum Gasteiger partial charge on any atom is 0.178 e. The molecule has 0 amide bonds. The molecule has 0 atom stereocenters. The standard InChI is InChI=1S/C50H49NO4/c1-47(2)28-48(3,4)30-49(29-47)42-11-9-8-10-37(42)44-40-27-43(54-7)39(31-12-18-34(51)19-13-31)26-41(40)46-38(45(44)49)24-25-50(55-46,32-14-20-35(52-5)21-15-32)33-16-22-36(53-6)23-17-33/h8-27H,28-30,51H2,1-7H3. The summed E-state index contributed by atoms with van der Waals surface area (Å²) in [5.74, 6) is 3.26. The van der Waals surface area contributed by atoms with Crippen LogP contribution in [0.25, 0.3) is 39.1 Å². The van der Waals surface area contributed by atoms with Crippen LogP contribution in [0.3, 0.4) is 0 Å². The summed E-state index contributed by atoms with van der Waals surface area (Å²) in [6.45, 7) is 9.82. The molecule has 6 aromatic rings. The van der Waals surface area contributed by atoms with Gasteiger partial charge in [-0.05, 0) is 118 Å². The molecule has 0 saturated heterocycles. The summed E-state index contributed by atoms with van der Waals surface area (Å²) in [4.78, 5) is 0. The molecule has 3 aliphatic rings. The van der Waals surface area contributed by atoms with E-state index in [-0.39, 0.29) is 16.2 Å². The van der Waals surface area contributed by atoms with Crippen LogP contribution in [0.1, 0.15) is 74.8 Å². The van der Waals surface area contributed by atoms with Crippen molar-refractivity contribution in [3.05, 3.63) is 143 Å². The van der Waals surface area contributed by atoms with Crippen LogP contribution < -0.4 is 24.7 Å². The van der Waals surface area contributed by atoms with E-state index in [9.17, 15) is 0 Å². The van der Waals surface area contributed by atoms with Crippen molar-refractivity contribution in [1.29, 1.82) is 0 Å². The number of benzene rings is 6. The van der Waals surface area contributed by atoms with Gasteiger partial charge in [-0.2, -0.15) is 0 Å². The van der Waals surface area contributed by atoms with Gasteiger partial charge in [-0.3, -0.25) is 0 Å². The van der Waals surface area contributed by atoms with Crippen LogP contribution in [0, 0.1) is 10.8 Å². The van der Waals surface area contributed by atoms with Crippen molar-refractivity contribution in [3.63, 3.8) is 0 Å². The molecule has 6 aromatic carbocycles. The average molecular weight is 728 g/mol. The molecular weight excluding hydrogens is 679 g/mol. The molecule has 1 heterocycles. The molecule has 1 aliphatic heterocycles. The highest BCUT2D eigenvalue weighted by atomic mass is 16.5. The van der Waals surface area contributed by atoms with Gasteiger partial charge in [0.25, 0.3) is 0 Å². The van der Waals surface area contributed by atoms with Crippen LogP contribution in [0.4, 0.5) is 5.69 Å². The normalized spacial score (nSPS) is 17.9. The second kappa shape index (κ2) is 12.4. The minimum Gasteiger partial charge on any atom is -0.497 e. The van der Waals surface area contributed by atoms with Crippen molar-refractivity contribution in [2.75, 3.05) is 27.1 Å². The Kier molecular flexibility index (Phi) is 7.92. The molecule has 55 heavy (non-hydrogen) atoms. The van der Waals surface area contributed by atoms with E-state index < -0.39 is 5.60 Å². The molecule has 1 spiro atoms. The van der Waals surface area contributed by atoms with Gasteiger partial charge >= 0.3 is 0 Å². The Balaban J connectivity index is 1.41. The number of hydrogen-bond acceptors (Lipinski definition) is 5. The number of fused-ring (bicyclic) bond motifs is 10. The summed E-state index contributed by atoms with van der Waals surface area (Å²) < 4.78 is 25.2. The molecule has 278 valence electrons. The Morgan fingerprint density at radius 3 is 1.80 bits per heavy atom. The molecule has 0 aromatic heterocycles. The summed E-state index contributed by atoms with van der Waals surface area (Å²) in [6.07, 6.45) is 7.88. The molecule has 0 unspecified atom stereocenters. The van der Waals surface area contributed by atoms with Gasteiger partial charge in [0.1, 0.15) is 23.0 Å². The first-order valence-corrected chi connectivity index (χ1v) is 19.3. The predicted molar refractivity (Wildman–Crippen MR) is 224 cm³/mol. The molecule has 9 rings (SSSR count). The zero-order valence-corrected chi connectivity index (χ0v) is 32.9. The van der Waals surface area contributed by atoms with Crippen molar-refractivity contribution in [3.8, 4) is 45.3 Å². The Hall–Kier alpha value is -5.68. The van der Waals surface area contributed by atoms with Gasteiger partial charge in [-0.15, -0.1) is 0 Å². The first-order chi connectivity index (χ1) is 26.4. The summed E-state index contributed by atoms with van der Waals surface area (Å²) in [7, 11) is 5.16. The van der Waals surface area contributed by atoms with E-state index in [1.807, 2.05) is 36.4 Å². The molecule has 5 heteroatoms. The molecule has 5 nitrogen and oxygen atoms in total. The highest BCUT2D eigenvalue weighted by molar-refractivity contribution is 6.10. The third kappa shape index (κ3) is 5.42. The van der Waals surface area contributed by atoms with Gasteiger partial charge in [-0.25, -0.2) is 0 Å². The summed E-state index contributed by atoms with van der Waals surface area (Å²) >= 11 is 0. The molecular formula is C50H49NO4. The van der Waals surface area contributed by atoms with E-state index in [1.165, 1.54) is 22.3 Å². The minimum absolute atomic E-state index is 0.115. The lowest BCUT2D eigenvalue weighted by Gasteiger charge is -2.52. The number of ether oxygens (including phenoxy) is 4. The zero-order valence-electron chi connectivity index (χ0n) is 32.9. The van der Waals surface area contributed by atoms with Crippen molar-refractivity contribution in [2.45, 2.75) is 58.0 Å². The highest BCUT2D eigenvalue weighted by Crippen LogP contribution is 2.67. The largest absolute Gasteiger partial charge is 0.497 e. The fourth-order valence-electron chi connectivity index (χ4n) is 10.9. The molecule has 2 aliphatic carbocycles. The van der Waals surface area contributed by atoms with E-state index in [2.05, 4.69) is 113 Å². The van der Waals surface area contributed by atoms with E-state index in [0.29, 0.717) is 0 Å². The van der Waals surface area contributed by atoms with Gasteiger partial charge in [0.05, 0.1) is 21.3 Å². The van der Waals surface area contributed by atoms with Gasteiger partial charge < -0.3 is 24.7 Å². The van der Waals surface area contributed by atoms with Crippen molar-refractivity contribution in [1.82, 2.24) is 0 Å². The van der Waals surface area contributed by atoms with Crippen LogP contribution in [0.5, 0.6) is 23.0 Å². The number of methoxy groups -OCH3 is 3. The van der Waals surface area contributed by atoms with Gasteiger partial charge in [0, 0.05) is 38.7 Å². The fraction of sp³-hybridized carbons (Fsp3) is 0.280. The smallest absolute Gasteiger partial charge is 0.178 e. The van der Waals surface area contributed by atoms with E-state index >= 15 is 0 Å². The Bertz CT molecular complexity index is 2430. The highest BCUT2D eigenvalue weighted by Gasteiger charge is 2.55. The summed E-state index contributed by atoms with van der Waals surface area (Å²) in [5.41, 5.74) is 16.5. The number of nitrogens with two attached hydrogens (primary N) is 1. The first kappa shape index (κ1) is 35.0. The number of anilines is 1. The predicted octanol–water partition coefficient (Wildman–Crippen LogP) is 12.0. The van der Waals surface area contributed by atoms with Gasteiger partial charge in [-0.1, -0.05) is 94.4 Å². The topological polar surface area (TPSA) is 62.9 Å². The Morgan fingerprint density at radius 1 is 0.618 bits per heavy atom. The SMILES string of the molecule is COc1ccc(C2(c3ccc(OC)cc3)C=Cc3c4c(c5cc(OC)c(-c6ccc(N)cc6)cc5c3O2)-c2ccccc2C42CC(C)(C)CC(C)(C)C2)cc1. The number of nitrogen functional groups attached to an aromatic ring is 1. The first-order valence-electron chi connectivity index (χ1n) is 19.3. The number of rotatable bonds is 6. The summed E-state index contributed by atoms with van der Waals surface area (Å²) in [5, 5.41) is 2.17. The van der Waals surface area contributed by atoms with Crippen LogP contribution in [-0.2, 0) is 11.0 Å². The molecule has 1 fully saturated rings. The maximum atomic E-state index is 7.77. The quantitative estimate of drug-likeness (QED) is 0.173. The monoisotopic (exact) mass is 727 g/mol. The molecule has 0 radical (unpaired) electrons. The van der Waals surface area contributed by atoms with Crippen LogP contribution in [0.15, 0.2) is 115 Å². The summed E-state index contributed by atoms with van der Waals surface area (Å²) in [6, 6.07) is 38.2. The van der Waals surface area contributed by atoms with E-state index in [1.54, 1.807) is 21.3 Å². The maximum absolute atomic E-state index is 7.77. The zero-order chi connectivity index (χ0) is 38.3. The third-order valence-corrected chi connectivity index (χ3v) is 12.3. The molecule has 2 N–H and O–H groups in total. The van der Waals surface area contributed by atoms with Crippen LogP contribution in [0.2, 0.25) is 0 Å². The van der Waals surface area contributed by atoms with Crippen molar-refractivity contribution < 1.29 is 18.9 Å². The van der Waals surface area contributed by atoms with Gasteiger partial charge in [0.2, 0.25) is 0 Å². The minimum atomic E-state index is -0.947. The van der Waals surface area contributed by atoms with Crippen molar-refractivity contribution >= 4 is 22.5 Å². The number of hydrogen-bond donors (Lipinski definition) is 1. The third-order valence-electron chi connectivity index (χ3n) is 12.3. The lowest BCUT2D eigenvalue weighted by molar-refractivity contribution is 0.0642. The van der Waals surface area contributed by atoms with Crippen molar-refractivity contribution in [2.24, 2.45) is 10.8 Å². The Morgan fingerprint density at radius 2 is 1.22 bits per heavy atom.